The fourth-order valence-electron chi connectivity index (χ4n) is 2.77. The first-order chi connectivity index (χ1) is 11.6. The third-order valence-corrected chi connectivity index (χ3v) is 4.23. The molecule has 1 heterocycles. The molecule has 0 aliphatic carbocycles. The number of carbonyl (C=O) groups is 2. The quantitative estimate of drug-likeness (QED) is 0.697. The zero-order valence-electron chi connectivity index (χ0n) is 14.2. The number of nitrogens with one attached hydrogen (secondary N) is 2. The highest BCUT2D eigenvalue weighted by molar-refractivity contribution is 5.89. The highest BCUT2D eigenvalue weighted by atomic mass is 16.3. The second-order valence-electron chi connectivity index (χ2n) is 6.19. The predicted octanol–water partition coefficient (Wildman–Crippen LogP) is 1.05. The Kier molecular flexibility index (Phi) is 7.06. The summed E-state index contributed by atoms with van der Waals surface area (Å²) in [6, 6.07) is 9.07. The van der Waals surface area contributed by atoms with Crippen molar-refractivity contribution in [3.63, 3.8) is 0 Å². The molecule has 1 aromatic carbocycles. The lowest BCUT2D eigenvalue weighted by Gasteiger charge is -2.27. The van der Waals surface area contributed by atoms with Gasteiger partial charge in [-0.3, -0.25) is 9.59 Å². The van der Waals surface area contributed by atoms with Crippen LogP contribution in [0.25, 0.3) is 0 Å². The summed E-state index contributed by atoms with van der Waals surface area (Å²) >= 11 is 0. The van der Waals surface area contributed by atoms with E-state index in [0.717, 1.165) is 18.5 Å². The van der Waals surface area contributed by atoms with E-state index < -0.39 is 12.1 Å². The summed E-state index contributed by atoms with van der Waals surface area (Å²) < 4.78 is 0. The molecule has 0 radical (unpaired) electrons. The molecule has 1 saturated heterocycles. The number of hydrogen-bond acceptors (Lipinski definition) is 4. The van der Waals surface area contributed by atoms with Crippen molar-refractivity contribution in [2.75, 3.05) is 24.5 Å². The topological polar surface area (TPSA) is 81.7 Å². The maximum atomic E-state index is 12.4. The van der Waals surface area contributed by atoms with Crippen LogP contribution in [-0.2, 0) is 9.59 Å². The lowest BCUT2D eigenvalue weighted by atomic mass is 10.1. The highest BCUT2D eigenvalue weighted by Gasteiger charge is 2.23. The molecule has 1 aromatic rings. The SMILES string of the molecule is CC[C@H](O)CN(CC(=O)N[C@@H]1CCCCNC1=O)c1ccccc1. The van der Waals surface area contributed by atoms with Gasteiger partial charge >= 0.3 is 0 Å². The van der Waals surface area contributed by atoms with Gasteiger partial charge in [0.2, 0.25) is 11.8 Å². The van der Waals surface area contributed by atoms with Crippen molar-refractivity contribution in [2.24, 2.45) is 0 Å². The molecule has 24 heavy (non-hydrogen) atoms. The normalized spacial score (nSPS) is 19.1. The van der Waals surface area contributed by atoms with E-state index in [1.165, 1.54) is 0 Å². The number of aliphatic hydroxyl groups excluding tert-OH is 1. The van der Waals surface area contributed by atoms with E-state index in [0.29, 0.717) is 25.9 Å². The number of nitrogens with zero attached hydrogens (tertiary/aromatic N) is 1. The molecule has 6 heteroatoms. The van der Waals surface area contributed by atoms with Crippen LogP contribution in [0.15, 0.2) is 30.3 Å². The van der Waals surface area contributed by atoms with Crippen LogP contribution in [0, 0.1) is 0 Å². The second-order valence-corrected chi connectivity index (χ2v) is 6.19. The van der Waals surface area contributed by atoms with E-state index in [1.54, 1.807) is 0 Å². The van der Waals surface area contributed by atoms with Crippen LogP contribution in [0.1, 0.15) is 32.6 Å². The maximum absolute atomic E-state index is 12.4. The fourth-order valence-corrected chi connectivity index (χ4v) is 2.77. The molecule has 6 nitrogen and oxygen atoms in total. The van der Waals surface area contributed by atoms with Gasteiger partial charge < -0.3 is 20.6 Å². The van der Waals surface area contributed by atoms with E-state index in [4.69, 9.17) is 0 Å². The van der Waals surface area contributed by atoms with Gasteiger partial charge in [0.05, 0.1) is 12.6 Å². The molecule has 2 rings (SSSR count). The molecule has 2 atom stereocenters. The third kappa shape index (κ3) is 5.53. The van der Waals surface area contributed by atoms with Gasteiger partial charge in [-0.15, -0.1) is 0 Å². The molecule has 1 fully saturated rings. The first-order valence-electron chi connectivity index (χ1n) is 8.65. The number of aliphatic hydroxyl groups is 1. The van der Waals surface area contributed by atoms with Crippen LogP contribution in [0.2, 0.25) is 0 Å². The number of benzene rings is 1. The molecule has 0 saturated carbocycles. The van der Waals surface area contributed by atoms with Gasteiger partial charge in [0.25, 0.3) is 0 Å². The summed E-state index contributed by atoms with van der Waals surface area (Å²) in [7, 11) is 0. The van der Waals surface area contributed by atoms with Gasteiger partial charge in [-0.05, 0) is 37.8 Å². The Bertz CT molecular complexity index is 536. The van der Waals surface area contributed by atoms with Crippen molar-refractivity contribution in [1.29, 1.82) is 0 Å². The average molecular weight is 333 g/mol. The van der Waals surface area contributed by atoms with Gasteiger partial charge in [-0.2, -0.15) is 0 Å². The minimum absolute atomic E-state index is 0.110. The number of anilines is 1. The van der Waals surface area contributed by atoms with Gasteiger partial charge in [0, 0.05) is 18.8 Å². The average Bonchev–Trinajstić information content (AvgIpc) is 2.79. The van der Waals surface area contributed by atoms with Gasteiger partial charge in [-0.25, -0.2) is 0 Å². The highest BCUT2D eigenvalue weighted by Crippen LogP contribution is 2.14. The number of carbonyl (C=O) groups excluding carboxylic acids is 2. The maximum Gasteiger partial charge on any atom is 0.242 e. The lowest BCUT2D eigenvalue weighted by Crippen LogP contribution is -2.49. The standard InChI is InChI=1S/C18H27N3O3/c1-2-15(22)12-21(14-8-4-3-5-9-14)13-17(23)20-16-10-6-7-11-19-18(16)24/h3-5,8-9,15-16,22H,2,6-7,10-13H2,1H3,(H,19,24)(H,20,23)/t15-,16+/m0/s1. The number of hydrogen-bond donors (Lipinski definition) is 3. The third-order valence-electron chi connectivity index (χ3n) is 4.23. The molecule has 0 bridgehead atoms. The lowest BCUT2D eigenvalue weighted by molar-refractivity contribution is -0.128. The Morgan fingerprint density at radius 2 is 2.12 bits per heavy atom. The number of para-hydroxylation sites is 1. The summed E-state index contributed by atoms with van der Waals surface area (Å²) in [6.07, 6.45) is 2.65. The molecule has 3 N–H and O–H groups in total. The minimum Gasteiger partial charge on any atom is -0.391 e. The van der Waals surface area contributed by atoms with Crippen LogP contribution < -0.4 is 15.5 Å². The monoisotopic (exact) mass is 333 g/mol. The zero-order chi connectivity index (χ0) is 17.4. The van der Waals surface area contributed by atoms with Crippen molar-refractivity contribution in [2.45, 2.75) is 44.8 Å². The first kappa shape index (κ1) is 18.3. The molecule has 0 aromatic heterocycles. The number of amides is 2. The first-order valence-corrected chi connectivity index (χ1v) is 8.65. The number of rotatable bonds is 7. The van der Waals surface area contributed by atoms with E-state index >= 15 is 0 Å². The molecule has 0 unspecified atom stereocenters. The Balaban J connectivity index is 1.99. The van der Waals surface area contributed by atoms with Crippen molar-refractivity contribution in [3.05, 3.63) is 30.3 Å². The Morgan fingerprint density at radius 1 is 1.38 bits per heavy atom. The molecular formula is C18H27N3O3. The summed E-state index contributed by atoms with van der Waals surface area (Å²) in [4.78, 5) is 26.2. The fraction of sp³-hybridized carbons (Fsp3) is 0.556. The van der Waals surface area contributed by atoms with E-state index in [-0.39, 0.29) is 18.4 Å². The largest absolute Gasteiger partial charge is 0.391 e. The molecule has 0 spiro atoms. The summed E-state index contributed by atoms with van der Waals surface area (Å²) in [5.74, 6) is -0.315. The molecule has 1 aliphatic heterocycles. The van der Waals surface area contributed by atoms with E-state index in [2.05, 4.69) is 10.6 Å². The van der Waals surface area contributed by atoms with Gasteiger partial charge in [-0.1, -0.05) is 25.1 Å². The van der Waals surface area contributed by atoms with Crippen molar-refractivity contribution in [3.8, 4) is 0 Å². The van der Waals surface area contributed by atoms with Crippen molar-refractivity contribution in [1.82, 2.24) is 10.6 Å². The smallest absolute Gasteiger partial charge is 0.242 e. The van der Waals surface area contributed by atoms with E-state index in [9.17, 15) is 14.7 Å². The van der Waals surface area contributed by atoms with E-state index in [1.807, 2.05) is 42.2 Å². The van der Waals surface area contributed by atoms with Crippen LogP contribution in [0.5, 0.6) is 0 Å². The predicted molar refractivity (Wildman–Crippen MR) is 93.7 cm³/mol. The van der Waals surface area contributed by atoms with Gasteiger partial charge in [0.15, 0.2) is 0 Å². The minimum atomic E-state index is -0.501. The second kappa shape index (κ2) is 9.27. The van der Waals surface area contributed by atoms with Crippen molar-refractivity contribution >= 4 is 17.5 Å². The van der Waals surface area contributed by atoms with Crippen molar-refractivity contribution < 1.29 is 14.7 Å². The molecular weight excluding hydrogens is 306 g/mol. The zero-order valence-corrected chi connectivity index (χ0v) is 14.2. The Morgan fingerprint density at radius 3 is 2.83 bits per heavy atom. The Labute approximate surface area is 143 Å². The molecule has 1 aliphatic rings. The summed E-state index contributed by atoms with van der Waals surface area (Å²) in [6.45, 7) is 3.07. The van der Waals surface area contributed by atoms with Gasteiger partial charge in [0.1, 0.15) is 6.04 Å². The van der Waals surface area contributed by atoms with Crippen LogP contribution in [0.4, 0.5) is 5.69 Å². The van der Waals surface area contributed by atoms with Crippen LogP contribution in [0.3, 0.4) is 0 Å². The Hall–Kier alpha value is -2.08. The molecule has 132 valence electrons. The summed E-state index contributed by atoms with van der Waals surface area (Å²) in [5.41, 5.74) is 0.880. The summed E-state index contributed by atoms with van der Waals surface area (Å²) in [5, 5.41) is 15.6. The van der Waals surface area contributed by atoms with Crippen LogP contribution in [-0.4, -0.2) is 48.7 Å². The van der Waals surface area contributed by atoms with Crippen LogP contribution >= 0.6 is 0 Å². The molecule has 2 amide bonds.